The SMILES string of the molecule is CCOc1ccccc1CNC(=NC)NCc1ncc(-c2ccc(C)cc2)o1.I. The van der Waals surface area contributed by atoms with Gasteiger partial charge in [0.2, 0.25) is 5.89 Å². The van der Waals surface area contributed by atoms with E-state index in [0.29, 0.717) is 31.5 Å². The molecule has 0 saturated heterocycles. The number of aromatic nitrogens is 1. The number of rotatable bonds is 7. The molecule has 1 aromatic heterocycles. The number of aryl methyl sites for hydroxylation is 1. The molecule has 0 bridgehead atoms. The normalized spacial score (nSPS) is 10.9. The van der Waals surface area contributed by atoms with Gasteiger partial charge in [0.15, 0.2) is 11.7 Å². The third kappa shape index (κ3) is 6.49. The first-order chi connectivity index (χ1) is 13.7. The van der Waals surface area contributed by atoms with E-state index in [1.54, 1.807) is 13.2 Å². The van der Waals surface area contributed by atoms with E-state index < -0.39 is 0 Å². The summed E-state index contributed by atoms with van der Waals surface area (Å²) in [7, 11) is 1.73. The van der Waals surface area contributed by atoms with Crippen LogP contribution in [0.3, 0.4) is 0 Å². The minimum Gasteiger partial charge on any atom is -0.494 e. The lowest BCUT2D eigenvalue weighted by molar-refractivity contribution is 0.336. The van der Waals surface area contributed by atoms with E-state index in [1.807, 2.05) is 43.3 Å². The molecule has 0 saturated carbocycles. The van der Waals surface area contributed by atoms with Crippen LogP contribution in [0.1, 0.15) is 23.9 Å². The Balaban J connectivity index is 0.00000300. The molecule has 3 aromatic rings. The molecule has 3 rings (SSSR count). The van der Waals surface area contributed by atoms with Gasteiger partial charge in [0.1, 0.15) is 5.75 Å². The van der Waals surface area contributed by atoms with Crippen molar-refractivity contribution in [3.63, 3.8) is 0 Å². The molecule has 0 radical (unpaired) electrons. The molecule has 0 aliphatic rings. The molecular weight excluding hydrogens is 479 g/mol. The van der Waals surface area contributed by atoms with E-state index in [9.17, 15) is 0 Å². The number of hydrogen-bond acceptors (Lipinski definition) is 4. The van der Waals surface area contributed by atoms with Crippen molar-refractivity contribution in [2.45, 2.75) is 26.9 Å². The first kappa shape index (κ1) is 22.7. The lowest BCUT2D eigenvalue weighted by atomic mass is 10.1. The van der Waals surface area contributed by atoms with Crippen LogP contribution in [0.5, 0.6) is 5.75 Å². The van der Waals surface area contributed by atoms with E-state index in [4.69, 9.17) is 9.15 Å². The quantitative estimate of drug-likeness (QED) is 0.280. The fraction of sp³-hybridized carbons (Fsp3) is 0.273. The highest BCUT2D eigenvalue weighted by atomic mass is 127. The number of nitrogens with zero attached hydrogens (tertiary/aromatic N) is 2. The van der Waals surface area contributed by atoms with E-state index >= 15 is 0 Å². The van der Waals surface area contributed by atoms with Gasteiger partial charge in [0.05, 0.1) is 19.3 Å². The van der Waals surface area contributed by atoms with Crippen molar-refractivity contribution in [3.8, 4) is 17.1 Å². The third-order valence-corrected chi connectivity index (χ3v) is 4.24. The van der Waals surface area contributed by atoms with Crippen LogP contribution in [-0.4, -0.2) is 24.6 Å². The second kappa shape index (κ2) is 11.5. The average Bonchev–Trinajstić information content (AvgIpc) is 3.19. The van der Waals surface area contributed by atoms with Gasteiger partial charge >= 0.3 is 0 Å². The first-order valence-corrected chi connectivity index (χ1v) is 9.36. The van der Waals surface area contributed by atoms with E-state index in [2.05, 4.69) is 39.7 Å². The number of guanidine groups is 1. The van der Waals surface area contributed by atoms with Crippen LogP contribution in [0.2, 0.25) is 0 Å². The van der Waals surface area contributed by atoms with Crippen LogP contribution < -0.4 is 15.4 Å². The van der Waals surface area contributed by atoms with Crippen LogP contribution in [0.15, 0.2) is 64.1 Å². The van der Waals surface area contributed by atoms with Gasteiger partial charge in [-0.15, -0.1) is 24.0 Å². The van der Waals surface area contributed by atoms with Crippen LogP contribution in [0, 0.1) is 6.92 Å². The van der Waals surface area contributed by atoms with Crippen molar-refractivity contribution in [2.24, 2.45) is 4.99 Å². The van der Waals surface area contributed by atoms with Gasteiger partial charge in [-0.05, 0) is 19.9 Å². The smallest absolute Gasteiger partial charge is 0.214 e. The molecule has 0 amide bonds. The van der Waals surface area contributed by atoms with Crippen molar-refractivity contribution in [1.29, 1.82) is 0 Å². The van der Waals surface area contributed by atoms with Crippen LogP contribution >= 0.6 is 24.0 Å². The zero-order valence-electron chi connectivity index (χ0n) is 16.9. The number of ether oxygens (including phenoxy) is 1. The summed E-state index contributed by atoms with van der Waals surface area (Å²) < 4.78 is 11.5. The number of oxazole rings is 1. The lowest BCUT2D eigenvalue weighted by Crippen LogP contribution is -2.36. The van der Waals surface area contributed by atoms with Crippen molar-refractivity contribution in [2.75, 3.05) is 13.7 Å². The van der Waals surface area contributed by atoms with Gasteiger partial charge < -0.3 is 19.8 Å². The van der Waals surface area contributed by atoms with Gasteiger partial charge in [0.25, 0.3) is 0 Å². The highest BCUT2D eigenvalue weighted by Gasteiger charge is 2.08. The number of aliphatic imine (C=N–C) groups is 1. The molecule has 1 heterocycles. The molecular formula is C22H27IN4O2. The van der Waals surface area contributed by atoms with Crippen molar-refractivity contribution < 1.29 is 9.15 Å². The van der Waals surface area contributed by atoms with E-state index in [1.165, 1.54) is 5.56 Å². The Morgan fingerprint density at radius 1 is 1.07 bits per heavy atom. The van der Waals surface area contributed by atoms with Gasteiger partial charge in [-0.3, -0.25) is 4.99 Å². The molecule has 0 fully saturated rings. The monoisotopic (exact) mass is 506 g/mol. The van der Waals surface area contributed by atoms with Crippen molar-refractivity contribution in [1.82, 2.24) is 15.6 Å². The summed E-state index contributed by atoms with van der Waals surface area (Å²) in [6.07, 6.45) is 1.75. The molecule has 6 nitrogen and oxygen atoms in total. The maximum atomic E-state index is 5.84. The summed E-state index contributed by atoms with van der Waals surface area (Å²) in [5.41, 5.74) is 3.30. The summed E-state index contributed by atoms with van der Waals surface area (Å²) in [6, 6.07) is 16.1. The second-order valence-electron chi connectivity index (χ2n) is 6.30. The Kier molecular flexibility index (Phi) is 8.98. The first-order valence-electron chi connectivity index (χ1n) is 9.36. The maximum Gasteiger partial charge on any atom is 0.214 e. The Labute approximate surface area is 188 Å². The Bertz CT molecular complexity index is 923. The van der Waals surface area contributed by atoms with Gasteiger partial charge in [-0.25, -0.2) is 4.98 Å². The van der Waals surface area contributed by atoms with Gasteiger partial charge in [0, 0.05) is 24.7 Å². The number of para-hydroxylation sites is 1. The van der Waals surface area contributed by atoms with Crippen LogP contribution in [0.4, 0.5) is 0 Å². The molecule has 0 aliphatic carbocycles. The molecule has 0 spiro atoms. The molecule has 154 valence electrons. The number of benzene rings is 2. The highest BCUT2D eigenvalue weighted by Crippen LogP contribution is 2.20. The Morgan fingerprint density at radius 2 is 1.79 bits per heavy atom. The fourth-order valence-corrected chi connectivity index (χ4v) is 2.75. The Hall–Kier alpha value is -2.55. The van der Waals surface area contributed by atoms with Gasteiger partial charge in [-0.1, -0.05) is 48.0 Å². The molecule has 2 aromatic carbocycles. The van der Waals surface area contributed by atoms with Crippen molar-refractivity contribution >= 4 is 29.9 Å². The zero-order chi connectivity index (χ0) is 19.8. The number of nitrogens with one attached hydrogen (secondary N) is 2. The minimum atomic E-state index is 0. The predicted molar refractivity (Wildman–Crippen MR) is 127 cm³/mol. The third-order valence-electron chi connectivity index (χ3n) is 4.24. The molecule has 0 atom stereocenters. The highest BCUT2D eigenvalue weighted by molar-refractivity contribution is 14.0. The molecule has 0 aliphatic heterocycles. The predicted octanol–water partition coefficient (Wildman–Crippen LogP) is 4.53. The fourth-order valence-electron chi connectivity index (χ4n) is 2.75. The minimum absolute atomic E-state index is 0. The summed E-state index contributed by atoms with van der Waals surface area (Å²) >= 11 is 0. The van der Waals surface area contributed by atoms with Crippen LogP contribution in [0.25, 0.3) is 11.3 Å². The topological polar surface area (TPSA) is 71.7 Å². The van der Waals surface area contributed by atoms with Crippen LogP contribution in [-0.2, 0) is 13.1 Å². The van der Waals surface area contributed by atoms with Gasteiger partial charge in [-0.2, -0.15) is 0 Å². The summed E-state index contributed by atoms with van der Waals surface area (Å²) in [5, 5.41) is 6.51. The Morgan fingerprint density at radius 3 is 2.52 bits per heavy atom. The number of hydrogen-bond donors (Lipinski definition) is 2. The largest absolute Gasteiger partial charge is 0.494 e. The average molecular weight is 506 g/mol. The summed E-state index contributed by atoms with van der Waals surface area (Å²) in [4.78, 5) is 8.60. The van der Waals surface area contributed by atoms with E-state index in [-0.39, 0.29) is 24.0 Å². The van der Waals surface area contributed by atoms with Crippen molar-refractivity contribution in [3.05, 3.63) is 71.7 Å². The standard InChI is InChI=1S/C22H26N4O2.HI/c1-4-27-19-8-6-5-7-18(19)13-25-22(23-3)26-15-21-24-14-20(28-21)17-11-9-16(2)10-12-17;/h5-12,14H,4,13,15H2,1-3H3,(H2,23,25,26);1H. The summed E-state index contributed by atoms with van der Waals surface area (Å²) in [5.74, 6) is 2.91. The summed E-state index contributed by atoms with van der Waals surface area (Å²) in [6.45, 7) is 5.73. The lowest BCUT2D eigenvalue weighted by Gasteiger charge is -2.13. The molecule has 0 unspecified atom stereocenters. The zero-order valence-corrected chi connectivity index (χ0v) is 19.3. The molecule has 7 heteroatoms. The molecule has 29 heavy (non-hydrogen) atoms. The number of halogens is 1. The van der Waals surface area contributed by atoms with E-state index in [0.717, 1.165) is 22.6 Å². The maximum absolute atomic E-state index is 5.84. The molecule has 2 N–H and O–H groups in total. The second-order valence-corrected chi connectivity index (χ2v) is 6.30.